The molecule has 1 aliphatic heterocycles. The number of rotatable bonds is 6. The third-order valence-corrected chi connectivity index (χ3v) is 9.24. The number of amides is 1. The van der Waals surface area contributed by atoms with Crippen LogP contribution in [0.2, 0.25) is 5.02 Å². The average molecular weight is 502 g/mol. The molecule has 0 atom stereocenters. The van der Waals surface area contributed by atoms with Crippen molar-refractivity contribution in [2.45, 2.75) is 31.6 Å². The number of aromatic nitrogens is 2. The van der Waals surface area contributed by atoms with Crippen LogP contribution in [0, 0.1) is 0 Å². The van der Waals surface area contributed by atoms with Gasteiger partial charge in [0.2, 0.25) is 15.9 Å². The van der Waals surface area contributed by atoms with Crippen molar-refractivity contribution < 1.29 is 13.2 Å². The van der Waals surface area contributed by atoms with E-state index in [1.165, 1.54) is 4.31 Å². The topological polar surface area (TPSA) is 78.2 Å². The van der Waals surface area contributed by atoms with Crippen molar-refractivity contribution in [3.63, 3.8) is 0 Å². The Bertz CT molecular complexity index is 1330. The lowest BCUT2D eigenvalue weighted by Crippen LogP contribution is -2.47. The molecule has 2 aromatic heterocycles. The lowest BCUT2D eigenvalue weighted by molar-refractivity contribution is -0.130. The minimum atomic E-state index is -3.35. The molecule has 1 saturated carbocycles. The van der Waals surface area contributed by atoms with E-state index in [1.807, 2.05) is 51.9 Å². The maximum absolute atomic E-state index is 12.8. The normalized spacial score (nSPS) is 17.3. The molecular formula is C24H28ClN5O3S. The second-order valence-corrected chi connectivity index (χ2v) is 11.7. The Balaban J connectivity index is 1.54. The van der Waals surface area contributed by atoms with E-state index in [1.54, 1.807) is 14.0 Å². The standard InChI is InChI=1S/C24H28ClN5O3S/c1-17(31)29-13-11-28(12-14-29)16-22-24(18-3-5-19(25)6-4-18)26-23-10-7-20(15-30(22)23)27(2)34(32,33)21-8-9-21/h3-7,10,15,21H,8-9,11-14,16H2,1-2H3. The summed E-state index contributed by atoms with van der Waals surface area (Å²) in [4.78, 5) is 20.8. The van der Waals surface area contributed by atoms with E-state index in [-0.39, 0.29) is 11.2 Å². The van der Waals surface area contributed by atoms with Gasteiger partial charge in [-0.05, 0) is 37.1 Å². The fourth-order valence-corrected chi connectivity index (χ4v) is 6.13. The van der Waals surface area contributed by atoms with Crippen LogP contribution in [0.4, 0.5) is 5.69 Å². The van der Waals surface area contributed by atoms with Crippen LogP contribution in [0.15, 0.2) is 42.6 Å². The number of halogens is 1. The predicted octanol–water partition coefficient (Wildman–Crippen LogP) is 3.25. The zero-order valence-corrected chi connectivity index (χ0v) is 20.9. The van der Waals surface area contributed by atoms with Crippen LogP contribution in [-0.4, -0.2) is 72.0 Å². The molecule has 0 radical (unpaired) electrons. The first-order valence-electron chi connectivity index (χ1n) is 11.5. The first kappa shape index (κ1) is 23.1. The smallest absolute Gasteiger partial charge is 0.237 e. The maximum Gasteiger partial charge on any atom is 0.237 e. The number of piperazine rings is 1. The van der Waals surface area contributed by atoms with Gasteiger partial charge in [-0.2, -0.15) is 0 Å². The minimum absolute atomic E-state index is 0.0980. The highest BCUT2D eigenvalue weighted by Crippen LogP contribution is 2.34. The highest BCUT2D eigenvalue weighted by Gasteiger charge is 2.39. The molecule has 180 valence electrons. The first-order valence-corrected chi connectivity index (χ1v) is 13.3. The second kappa shape index (κ2) is 8.87. The van der Waals surface area contributed by atoms with Gasteiger partial charge in [0.05, 0.1) is 22.3 Å². The van der Waals surface area contributed by atoms with E-state index in [4.69, 9.17) is 16.6 Å². The number of hydrogen-bond donors (Lipinski definition) is 0. The summed E-state index contributed by atoms with van der Waals surface area (Å²) in [6.45, 7) is 5.15. The predicted molar refractivity (Wildman–Crippen MR) is 134 cm³/mol. The van der Waals surface area contributed by atoms with Crippen LogP contribution in [0.25, 0.3) is 16.9 Å². The summed E-state index contributed by atoms with van der Waals surface area (Å²) < 4.78 is 29.0. The highest BCUT2D eigenvalue weighted by molar-refractivity contribution is 7.93. The van der Waals surface area contributed by atoms with Gasteiger partial charge in [-0.3, -0.25) is 18.4 Å². The van der Waals surface area contributed by atoms with Crippen molar-refractivity contribution in [1.29, 1.82) is 0 Å². The van der Waals surface area contributed by atoms with Crippen LogP contribution < -0.4 is 4.31 Å². The van der Waals surface area contributed by atoms with E-state index in [0.717, 1.165) is 48.5 Å². The number of carbonyl (C=O) groups excluding carboxylic acids is 1. The summed E-state index contributed by atoms with van der Waals surface area (Å²) in [6, 6.07) is 11.3. The van der Waals surface area contributed by atoms with Crippen molar-refractivity contribution in [3.8, 4) is 11.3 Å². The molecule has 1 aromatic carbocycles. The van der Waals surface area contributed by atoms with Crippen LogP contribution in [0.1, 0.15) is 25.5 Å². The third-order valence-electron chi connectivity index (χ3n) is 6.70. The molecule has 34 heavy (non-hydrogen) atoms. The Morgan fingerprint density at radius 1 is 1.09 bits per heavy atom. The van der Waals surface area contributed by atoms with Gasteiger partial charge in [0.15, 0.2) is 0 Å². The molecule has 5 rings (SSSR count). The molecule has 0 N–H and O–H groups in total. The molecule has 1 aliphatic carbocycles. The van der Waals surface area contributed by atoms with Gasteiger partial charge in [-0.15, -0.1) is 0 Å². The number of imidazole rings is 1. The molecular weight excluding hydrogens is 474 g/mol. The molecule has 3 aromatic rings. The molecule has 0 spiro atoms. The van der Waals surface area contributed by atoms with Gasteiger partial charge in [-0.25, -0.2) is 13.4 Å². The van der Waals surface area contributed by atoms with Gasteiger partial charge in [0.25, 0.3) is 0 Å². The number of nitrogens with zero attached hydrogens (tertiary/aromatic N) is 5. The maximum atomic E-state index is 12.8. The fraction of sp³-hybridized carbons (Fsp3) is 0.417. The van der Waals surface area contributed by atoms with Gasteiger partial charge < -0.3 is 4.90 Å². The van der Waals surface area contributed by atoms with Gasteiger partial charge in [0.1, 0.15) is 5.65 Å². The number of anilines is 1. The number of hydrogen-bond acceptors (Lipinski definition) is 5. The van der Waals surface area contributed by atoms with Gasteiger partial charge in [-0.1, -0.05) is 23.7 Å². The van der Waals surface area contributed by atoms with E-state index in [2.05, 4.69) is 4.90 Å². The Morgan fingerprint density at radius 2 is 1.76 bits per heavy atom. The lowest BCUT2D eigenvalue weighted by atomic mass is 10.1. The summed E-state index contributed by atoms with van der Waals surface area (Å²) >= 11 is 6.11. The van der Waals surface area contributed by atoms with E-state index in [0.29, 0.717) is 30.3 Å². The van der Waals surface area contributed by atoms with E-state index >= 15 is 0 Å². The number of benzene rings is 1. The molecule has 2 aliphatic rings. The summed E-state index contributed by atoms with van der Waals surface area (Å²) in [5, 5.41) is 0.376. The lowest BCUT2D eigenvalue weighted by Gasteiger charge is -2.34. The summed E-state index contributed by atoms with van der Waals surface area (Å²) in [6.07, 6.45) is 3.30. The monoisotopic (exact) mass is 501 g/mol. The van der Waals surface area contributed by atoms with Crippen LogP contribution in [0.3, 0.4) is 0 Å². The van der Waals surface area contributed by atoms with Crippen molar-refractivity contribution in [2.75, 3.05) is 37.5 Å². The molecule has 2 fully saturated rings. The Hall–Kier alpha value is -2.62. The van der Waals surface area contributed by atoms with E-state index in [9.17, 15) is 13.2 Å². The highest BCUT2D eigenvalue weighted by atomic mass is 35.5. The summed E-state index contributed by atoms with van der Waals surface area (Å²) in [7, 11) is -1.74. The van der Waals surface area contributed by atoms with E-state index < -0.39 is 10.0 Å². The molecule has 0 unspecified atom stereocenters. The zero-order valence-electron chi connectivity index (χ0n) is 19.3. The Kier molecular flexibility index (Phi) is 6.03. The largest absolute Gasteiger partial charge is 0.340 e. The SMILES string of the molecule is CC(=O)N1CCN(Cc2c(-c3ccc(Cl)cc3)nc3ccc(N(C)S(=O)(=O)C4CC4)cn23)CC1. The van der Waals surface area contributed by atoms with Crippen molar-refractivity contribution in [3.05, 3.63) is 53.3 Å². The number of pyridine rings is 1. The molecule has 1 saturated heterocycles. The van der Waals surface area contributed by atoms with Gasteiger partial charge in [0, 0.05) is 63.5 Å². The first-order chi connectivity index (χ1) is 16.2. The van der Waals surface area contributed by atoms with Gasteiger partial charge >= 0.3 is 0 Å². The Morgan fingerprint density at radius 3 is 2.38 bits per heavy atom. The molecule has 0 bridgehead atoms. The van der Waals surface area contributed by atoms with Crippen molar-refractivity contribution in [2.24, 2.45) is 0 Å². The Labute approximate surface area is 204 Å². The molecule has 1 amide bonds. The van der Waals surface area contributed by atoms with Crippen molar-refractivity contribution >= 4 is 38.9 Å². The van der Waals surface area contributed by atoms with Crippen molar-refractivity contribution in [1.82, 2.24) is 19.2 Å². The average Bonchev–Trinajstić information content (AvgIpc) is 3.63. The van der Waals surface area contributed by atoms with Crippen LogP contribution >= 0.6 is 11.6 Å². The number of carbonyl (C=O) groups is 1. The summed E-state index contributed by atoms with van der Waals surface area (Å²) in [5.41, 5.74) is 4.14. The zero-order chi connectivity index (χ0) is 24.0. The molecule has 8 nitrogen and oxygen atoms in total. The number of fused-ring (bicyclic) bond motifs is 1. The summed E-state index contributed by atoms with van der Waals surface area (Å²) in [5.74, 6) is 0.0980. The van der Waals surface area contributed by atoms with Crippen LogP contribution in [-0.2, 0) is 21.4 Å². The molecule has 10 heteroatoms. The second-order valence-electron chi connectivity index (χ2n) is 9.02. The fourth-order valence-electron chi connectivity index (χ4n) is 4.43. The third kappa shape index (κ3) is 4.39. The molecule has 3 heterocycles. The van der Waals surface area contributed by atoms with Crippen LogP contribution in [0.5, 0.6) is 0 Å². The quantitative estimate of drug-likeness (QED) is 0.518. The number of sulfonamides is 1. The minimum Gasteiger partial charge on any atom is -0.340 e.